The van der Waals surface area contributed by atoms with E-state index in [0.29, 0.717) is 11.9 Å². The predicted octanol–water partition coefficient (Wildman–Crippen LogP) is 2.33. The number of halogens is 1. The van der Waals surface area contributed by atoms with Gasteiger partial charge in [-0.15, -0.1) is 0 Å². The van der Waals surface area contributed by atoms with E-state index in [9.17, 15) is 0 Å². The van der Waals surface area contributed by atoms with Crippen molar-refractivity contribution >= 4 is 23.5 Å². The number of hydrogen-bond donors (Lipinski definition) is 2. The van der Waals surface area contributed by atoms with Gasteiger partial charge in [0.1, 0.15) is 0 Å². The van der Waals surface area contributed by atoms with E-state index < -0.39 is 0 Å². The first-order chi connectivity index (χ1) is 9.03. The van der Waals surface area contributed by atoms with Gasteiger partial charge in [-0.3, -0.25) is 0 Å². The Kier molecular flexibility index (Phi) is 4.42. The molecule has 1 aromatic rings. The molecule has 2 heterocycles. The smallest absolute Gasteiger partial charge is 0.229 e. The summed E-state index contributed by atoms with van der Waals surface area (Å²) < 4.78 is 5.58. The molecule has 1 aliphatic heterocycles. The molecule has 1 fully saturated rings. The second kappa shape index (κ2) is 5.88. The molecule has 106 valence electrons. The summed E-state index contributed by atoms with van der Waals surface area (Å²) >= 11 is 5.92. The largest absolute Gasteiger partial charge is 0.376 e. The van der Waals surface area contributed by atoms with Crippen molar-refractivity contribution in [3.05, 3.63) is 5.28 Å². The highest BCUT2D eigenvalue weighted by Crippen LogP contribution is 2.28. The summed E-state index contributed by atoms with van der Waals surface area (Å²) in [5.41, 5.74) is -0.174. The third kappa shape index (κ3) is 3.45. The van der Waals surface area contributed by atoms with Crippen LogP contribution in [0.2, 0.25) is 5.28 Å². The predicted molar refractivity (Wildman–Crippen MR) is 75.7 cm³/mol. The molecule has 7 heteroatoms. The number of nitrogens with zero attached hydrogens (tertiary/aromatic N) is 3. The van der Waals surface area contributed by atoms with Crippen LogP contribution in [0.15, 0.2) is 0 Å². The highest BCUT2D eigenvalue weighted by Gasteiger charge is 2.37. The summed E-state index contributed by atoms with van der Waals surface area (Å²) in [5, 5.41) is 6.61. The van der Waals surface area contributed by atoms with E-state index in [1.807, 2.05) is 6.92 Å². The lowest BCUT2D eigenvalue weighted by Gasteiger charge is -2.28. The number of rotatable bonds is 5. The molecule has 0 bridgehead atoms. The molecule has 6 nitrogen and oxygen atoms in total. The molecule has 2 atom stereocenters. The zero-order valence-corrected chi connectivity index (χ0v) is 12.3. The zero-order chi connectivity index (χ0) is 13.9. The average molecular weight is 286 g/mol. The fourth-order valence-corrected chi connectivity index (χ4v) is 2.14. The van der Waals surface area contributed by atoms with E-state index in [1.165, 1.54) is 0 Å². The van der Waals surface area contributed by atoms with Gasteiger partial charge in [0, 0.05) is 13.2 Å². The minimum Gasteiger partial charge on any atom is -0.376 e. The zero-order valence-electron chi connectivity index (χ0n) is 11.5. The van der Waals surface area contributed by atoms with Gasteiger partial charge in [-0.25, -0.2) is 0 Å². The Morgan fingerprint density at radius 2 is 2.11 bits per heavy atom. The Hall–Kier alpha value is -1.14. The van der Waals surface area contributed by atoms with Gasteiger partial charge in [-0.05, 0) is 38.3 Å². The van der Waals surface area contributed by atoms with Crippen LogP contribution < -0.4 is 10.6 Å². The molecule has 2 N–H and O–H groups in total. The molecule has 0 aliphatic carbocycles. The monoisotopic (exact) mass is 285 g/mol. The lowest BCUT2D eigenvalue weighted by Crippen LogP contribution is -2.41. The van der Waals surface area contributed by atoms with E-state index in [-0.39, 0.29) is 16.9 Å². The van der Waals surface area contributed by atoms with E-state index in [1.54, 1.807) is 0 Å². The molecule has 0 spiro atoms. The molecule has 0 amide bonds. The van der Waals surface area contributed by atoms with Crippen LogP contribution in [0.5, 0.6) is 0 Å². The van der Waals surface area contributed by atoms with Crippen LogP contribution in [0.1, 0.15) is 33.6 Å². The Morgan fingerprint density at radius 1 is 1.37 bits per heavy atom. The molecule has 0 aromatic carbocycles. The summed E-state index contributed by atoms with van der Waals surface area (Å²) in [6.45, 7) is 7.76. The van der Waals surface area contributed by atoms with E-state index in [2.05, 4.69) is 39.4 Å². The summed E-state index contributed by atoms with van der Waals surface area (Å²) in [7, 11) is 0. The third-order valence-electron chi connectivity index (χ3n) is 3.43. The molecule has 0 saturated carbocycles. The number of aromatic nitrogens is 3. The molecule has 0 radical (unpaired) electrons. The van der Waals surface area contributed by atoms with Crippen molar-refractivity contribution in [3.8, 4) is 0 Å². The minimum atomic E-state index is -0.174. The van der Waals surface area contributed by atoms with E-state index in [0.717, 1.165) is 26.0 Å². The molecule has 1 saturated heterocycles. The van der Waals surface area contributed by atoms with Crippen LogP contribution in [-0.2, 0) is 4.74 Å². The van der Waals surface area contributed by atoms with E-state index in [4.69, 9.17) is 16.3 Å². The van der Waals surface area contributed by atoms with Crippen molar-refractivity contribution in [2.45, 2.75) is 45.3 Å². The lowest BCUT2D eigenvalue weighted by atomic mass is 9.95. The molecule has 2 unspecified atom stereocenters. The highest BCUT2D eigenvalue weighted by molar-refractivity contribution is 6.28. The van der Waals surface area contributed by atoms with Crippen LogP contribution in [0.4, 0.5) is 11.9 Å². The average Bonchev–Trinajstić information content (AvgIpc) is 2.66. The molecule has 1 aliphatic rings. The van der Waals surface area contributed by atoms with Gasteiger partial charge in [0.15, 0.2) is 0 Å². The molecule has 19 heavy (non-hydrogen) atoms. The standard InChI is InChI=1S/C12H20ClN5O/c1-4-6-14-10-15-9(13)16-11(17-10)18-12(3)5-7-19-8(12)2/h8H,4-7H2,1-3H3,(H2,14,15,16,17,18). The molecular formula is C12H20ClN5O. The lowest BCUT2D eigenvalue weighted by molar-refractivity contribution is 0.105. The van der Waals surface area contributed by atoms with Crippen LogP contribution in [0.3, 0.4) is 0 Å². The Morgan fingerprint density at radius 3 is 2.74 bits per heavy atom. The third-order valence-corrected chi connectivity index (χ3v) is 3.59. The first-order valence-corrected chi connectivity index (χ1v) is 6.96. The number of ether oxygens (including phenoxy) is 1. The van der Waals surface area contributed by atoms with Crippen molar-refractivity contribution in [3.63, 3.8) is 0 Å². The van der Waals surface area contributed by atoms with Gasteiger partial charge in [0.2, 0.25) is 17.2 Å². The van der Waals surface area contributed by atoms with Crippen LogP contribution in [0, 0.1) is 0 Å². The van der Waals surface area contributed by atoms with Crippen molar-refractivity contribution in [1.82, 2.24) is 15.0 Å². The summed E-state index contributed by atoms with van der Waals surface area (Å²) in [4.78, 5) is 12.5. The van der Waals surface area contributed by atoms with Crippen molar-refractivity contribution < 1.29 is 4.74 Å². The summed E-state index contributed by atoms with van der Waals surface area (Å²) in [5.74, 6) is 0.984. The Balaban J connectivity index is 2.13. The summed E-state index contributed by atoms with van der Waals surface area (Å²) in [6, 6.07) is 0. The first kappa shape index (κ1) is 14.3. The number of anilines is 2. The molecular weight excluding hydrogens is 266 g/mol. The van der Waals surface area contributed by atoms with Gasteiger partial charge in [-0.2, -0.15) is 15.0 Å². The molecule has 1 aromatic heterocycles. The van der Waals surface area contributed by atoms with Crippen molar-refractivity contribution in [1.29, 1.82) is 0 Å². The number of hydrogen-bond acceptors (Lipinski definition) is 6. The highest BCUT2D eigenvalue weighted by atomic mass is 35.5. The topological polar surface area (TPSA) is 72.0 Å². The van der Waals surface area contributed by atoms with Gasteiger partial charge >= 0.3 is 0 Å². The fraction of sp³-hybridized carbons (Fsp3) is 0.750. The van der Waals surface area contributed by atoms with Gasteiger partial charge in [-0.1, -0.05) is 6.92 Å². The van der Waals surface area contributed by atoms with E-state index >= 15 is 0 Å². The number of nitrogens with one attached hydrogen (secondary N) is 2. The summed E-state index contributed by atoms with van der Waals surface area (Å²) in [6.07, 6.45) is 2.01. The second-order valence-electron chi connectivity index (χ2n) is 4.98. The van der Waals surface area contributed by atoms with Crippen molar-refractivity contribution in [2.75, 3.05) is 23.8 Å². The maximum absolute atomic E-state index is 5.92. The van der Waals surface area contributed by atoms with Crippen LogP contribution in [-0.4, -0.2) is 39.7 Å². The fourth-order valence-electron chi connectivity index (χ4n) is 1.98. The Labute approximate surface area is 118 Å². The van der Waals surface area contributed by atoms with Crippen LogP contribution >= 0.6 is 11.6 Å². The maximum atomic E-state index is 5.92. The van der Waals surface area contributed by atoms with Gasteiger partial charge in [0.25, 0.3) is 0 Å². The van der Waals surface area contributed by atoms with Gasteiger partial charge < -0.3 is 15.4 Å². The molecule has 2 rings (SSSR count). The second-order valence-corrected chi connectivity index (χ2v) is 5.32. The normalized spacial score (nSPS) is 26.4. The van der Waals surface area contributed by atoms with Crippen LogP contribution in [0.25, 0.3) is 0 Å². The quantitative estimate of drug-likeness (QED) is 0.865. The maximum Gasteiger partial charge on any atom is 0.229 e. The first-order valence-electron chi connectivity index (χ1n) is 6.59. The minimum absolute atomic E-state index is 0.107. The van der Waals surface area contributed by atoms with Gasteiger partial charge in [0.05, 0.1) is 11.6 Å². The Bertz CT molecular complexity index is 444. The van der Waals surface area contributed by atoms with Crippen molar-refractivity contribution in [2.24, 2.45) is 0 Å². The SMILES string of the molecule is CCCNc1nc(Cl)nc(NC2(C)CCOC2C)n1.